The highest BCUT2D eigenvalue weighted by molar-refractivity contribution is 5.95. The number of nitrogens with one attached hydrogen (secondary N) is 1. The topological polar surface area (TPSA) is 46.1 Å². The first-order chi connectivity index (χ1) is 14.7. The molecule has 0 unspecified atom stereocenters. The highest BCUT2D eigenvalue weighted by atomic mass is 16.5. The molecule has 2 aliphatic heterocycles. The van der Waals surface area contributed by atoms with Crippen molar-refractivity contribution in [2.75, 3.05) is 45.9 Å². The zero-order valence-corrected chi connectivity index (χ0v) is 20.3. The molecule has 1 fully saturated rings. The van der Waals surface area contributed by atoms with E-state index in [1.165, 1.54) is 13.0 Å². The number of hydrogen-bond donors (Lipinski definition) is 1. The Kier molecular flexibility index (Phi) is 13.4. The van der Waals surface area contributed by atoms with Gasteiger partial charge in [0.15, 0.2) is 0 Å². The first-order valence-electron chi connectivity index (χ1n) is 12.1. The quantitative estimate of drug-likeness (QED) is 0.563. The molecule has 0 saturated carbocycles. The van der Waals surface area contributed by atoms with Gasteiger partial charge in [-0.1, -0.05) is 41.5 Å². The maximum atomic E-state index is 5.91. The van der Waals surface area contributed by atoms with E-state index < -0.39 is 0 Å². The van der Waals surface area contributed by atoms with E-state index in [0.717, 1.165) is 69.3 Å². The van der Waals surface area contributed by atoms with Crippen LogP contribution < -0.4 is 10.1 Å². The second kappa shape index (κ2) is 15.2. The molecule has 0 bridgehead atoms. The number of benzene rings is 1. The van der Waals surface area contributed by atoms with Gasteiger partial charge in [-0.2, -0.15) is 0 Å². The Morgan fingerprint density at radius 1 is 1.03 bits per heavy atom. The van der Waals surface area contributed by atoms with E-state index in [4.69, 9.17) is 14.5 Å². The largest absolute Gasteiger partial charge is 0.494 e. The monoisotopic (exact) mass is 419 g/mol. The van der Waals surface area contributed by atoms with Crippen LogP contribution in [0, 0.1) is 0 Å². The predicted molar refractivity (Wildman–Crippen MR) is 129 cm³/mol. The molecule has 0 amide bonds. The molecule has 2 aliphatic rings. The van der Waals surface area contributed by atoms with Gasteiger partial charge in [0.1, 0.15) is 17.9 Å². The first kappa shape index (κ1) is 26.4. The summed E-state index contributed by atoms with van der Waals surface area (Å²) in [6, 6.07) is 8.17. The third kappa shape index (κ3) is 8.27. The minimum absolute atomic E-state index is 0.000600. The van der Waals surface area contributed by atoms with Crippen molar-refractivity contribution in [3.8, 4) is 5.75 Å². The molecule has 1 saturated heterocycles. The normalized spacial score (nSPS) is 16.7. The van der Waals surface area contributed by atoms with Gasteiger partial charge in [-0.25, -0.2) is 4.99 Å². The summed E-state index contributed by atoms with van der Waals surface area (Å²) in [5, 5.41) is 3.40. The van der Waals surface area contributed by atoms with Crippen molar-refractivity contribution < 1.29 is 9.47 Å². The van der Waals surface area contributed by atoms with Crippen LogP contribution in [0.15, 0.2) is 29.3 Å². The van der Waals surface area contributed by atoms with Crippen LogP contribution in [0.5, 0.6) is 5.75 Å². The first-order valence-corrected chi connectivity index (χ1v) is 12.1. The second-order valence-corrected chi connectivity index (χ2v) is 7.34. The van der Waals surface area contributed by atoms with E-state index in [0.29, 0.717) is 6.61 Å². The number of piperidine rings is 1. The molecule has 1 aromatic rings. The van der Waals surface area contributed by atoms with Crippen LogP contribution in [-0.2, 0) is 4.74 Å². The SMILES string of the molecule is CC.CC.CCCN(CC)CCCOc1ccc(C2=NC3(CCNCC3)CO2)cc1. The fourth-order valence-corrected chi connectivity index (χ4v) is 3.69. The van der Waals surface area contributed by atoms with Crippen molar-refractivity contribution in [3.63, 3.8) is 0 Å². The molecule has 0 aliphatic carbocycles. The lowest BCUT2D eigenvalue weighted by Crippen LogP contribution is -2.41. The Labute approximate surface area is 185 Å². The summed E-state index contributed by atoms with van der Waals surface area (Å²) in [5.74, 6) is 1.71. The maximum Gasteiger partial charge on any atom is 0.216 e. The van der Waals surface area contributed by atoms with Gasteiger partial charge in [0, 0.05) is 12.1 Å². The lowest BCUT2D eigenvalue weighted by Gasteiger charge is -2.28. The summed E-state index contributed by atoms with van der Waals surface area (Å²) in [7, 11) is 0. The summed E-state index contributed by atoms with van der Waals surface area (Å²) in [5.41, 5.74) is 1.05. The van der Waals surface area contributed by atoms with Crippen molar-refractivity contribution in [2.24, 2.45) is 4.99 Å². The fourth-order valence-electron chi connectivity index (χ4n) is 3.69. The molecule has 3 rings (SSSR count). The van der Waals surface area contributed by atoms with Crippen LogP contribution in [-0.4, -0.2) is 62.3 Å². The Hall–Kier alpha value is -1.59. The second-order valence-electron chi connectivity index (χ2n) is 7.34. The van der Waals surface area contributed by atoms with Crippen molar-refractivity contribution >= 4 is 5.90 Å². The molecule has 0 atom stereocenters. The molecular formula is C25H45N3O2. The molecule has 5 nitrogen and oxygen atoms in total. The minimum atomic E-state index is -0.000600. The van der Waals surface area contributed by atoms with E-state index in [-0.39, 0.29) is 5.54 Å². The molecule has 172 valence electrons. The van der Waals surface area contributed by atoms with Gasteiger partial charge in [-0.05, 0) is 76.1 Å². The van der Waals surface area contributed by atoms with Crippen LogP contribution in [0.2, 0.25) is 0 Å². The number of ether oxygens (including phenoxy) is 2. The lowest BCUT2D eigenvalue weighted by atomic mass is 9.90. The summed E-state index contributed by atoms with van der Waals surface area (Å²) in [4.78, 5) is 7.38. The number of nitrogens with zero attached hydrogens (tertiary/aromatic N) is 2. The van der Waals surface area contributed by atoms with Gasteiger partial charge < -0.3 is 19.7 Å². The highest BCUT2D eigenvalue weighted by Crippen LogP contribution is 2.30. The molecule has 30 heavy (non-hydrogen) atoms. The van der Waals surface area contributed by atoms with E-state index in [1.807, 2.05) is 39.8 Å². The van der Waals surface area contributed by atoms with Crippen molar-refractivity contribution in [3.05, 3.63) is 29.8 Å². The highest BCUT2D eigenvalue weighted by Gasteiger charge is 2.37. The van der Waals surface area contributed by atoms with Crippen molar-refractivity contribution in [2.45, 2.75) is 72.8 Å². The average Bonchev–Trinajstić information content (AvgIpc) is 3.22. The predicted octanol–water partition coefficient (Wildman–Crippen LogP) is 5.14. The van der Waals surface area contributed by atoms with Crippen LogP contribution in [0.1, 0.15) is 72.8 Å². The Bertz CT molecular complexity index is 581. The van der Waals surface area contributed by atoms with Gasteiger partial charge in [0.2, 0.25) is 5.90 Å². The maximum absolute atomic E-state index is 5.91. The zero-order chi connectivity index (χ0) is 22.2. The van der Waals surface area contributed by atoms with E-state index in [2.05, 4.69) is 36.2 Å². The zero-order valence-electron chi connectivity index (χ0n) is 20.3. The number of aliphatic imine (C=N–C) groups is 1. The molecule has 0 aromatic heterocycles. The van der Waals surface area contributed by atoms with Gasteiger partial charge in [-0.3, -0.25) is 0 Å². The average molecular weight is 420 g/mol. The molecule has 1 aromatic carbocycles. The standard InChI is InChI=1S/C21H33N3O2.2C2H6/c1-3-14-24(4-2)15-5-16-25-19-8-6-18(7-9-19)20-23-21(17-26-20)10-12-22-13-11-21;2*1-2/h6-9,22H,3-5,10-17H2,1-2H3;2*1-2H3. The van der Waals surface area contributed by atoms with Gasteiger partial charge in [0.25, 0.3) is 0 Å². The van der Waals surface area contributed by atoms with Gasteiger partial charge in [0.05, 0.1) is 6.61 Å². The van der Waals surface area contributed by atoms with Gasteiger partial charge >= 0.3 is 0 Å². The summed E-state index contributed by atoms with van der Waals surface area (Å²) in [6.07, 6.45) is 4.39. The summed E-state index contributed by atoms with van der Waals surface area (Å²) in [6.45, 7) is 19.4. The fraction of sp³-hybridized carbons (Fsp3) is 0.720. The summed E-state index contributed by atoms with van der Waals surface area (Å²) < 4.78 is 11.8. The lowest BCUT2D eigenvalue weighted by molar-refractivity contribution is 0.215. The van der Waals surface area contributed by atoms with E-state index in [1.54, 1.807) is 0 Å². The molecule has 5 heteroatoms. The number of hydrogen-bond acceptors (Lipinski definition) is 5. The molecule has 2 heterocycles. The molecule has 1 spiro atoms. The van der Waals surface area contributed by atoms with Gasteiger partial charge in [-0.15, -0.1) is 0 Å². The number of rotatable bonds is 9. The molecular weight excluding hydrogens is 374 g/mol. The van der Waals surface area contributed by atoms with Crippen LogP contribution in [0.4, 0.5) is 0 Å². The van der Waals surface area contributed by atoms with Crippen molar-refractivity contribution in [1.82, 2.24) is 10.2 Å². The smallest absolute Gasteiger partial charge is 0.216 e. The molecule has 0 radical (unpaired) electrons. The third-order valence-electron chi connectivity index (χ3n) is 5.33. The Balaban J connectivity index is 0.00000106. The Morgan fingerprint density at radius 2 is 1.70 bits per heavy atom. The molecule has 1 N–H and O–H groups in total. The van der Waals surface area contributed by atoms with E-state index >= 15 is 0 Å². The van der Waals surface area contributed by atoms with Crippen molar-refractivity contribution in [1.29, 1.82) is 0 Å². The van der Waals surface area contributed by atoms with Crippen LogP contribution in [0.25, 0.3) is 0 Å². The minimum Gasteiger partial charge on any atom is -0.494 e. The van der Waals surface area contributed by atoms with E-state index in [9.17, 15) is 0 Å². The Morgan fingerprint density at radius 3 is 2.30 bits per heavy atom. The third-order valence-corrected chi connectivity index (χ3v) is 5.33. The van der Waals surface area contributed by atoms with Crippen LogP contribution in [0.3, 0.4) is 0 Å². The summed E-state index contributed by atoms with van der Waals surface area (Å²) >= 11 is 0. The van der Waals surface area contributed by atoms with Crippen LogP contribution >= 0.6 is 0 Å².